The van der Waals surface area contributed by atoms with E-state index in [0.717, 1.165) is 30.9 Å². The van der Waals surface area contributed by atoms with Crippen molar-refractivity contribution in [3.05, 3.63) is 41.5 Å². The molecule has 1 saturated heterocycles. The maximum Gasteiger partial charge on any atom is 0.328 e. The third-order valence-electron chi connectivity index (χ3n) is 4.01. The smallest absolute Gasteiger partial charge is 0.328 e. The number of carboxylic acid groups (broad SMARTS) is 1. The summed E-state index contributed by atoms with van der Waals surface area (Å²) in [4.78, 5) is 25.3. The fourth-order valence-electron chi connectivity index (χ4n) is 2.80. The van der Waals surface area contributed by atoms with Crippen LogP contribution in [-0.2, 0) is 9.59 Å². The van der Waals surface area contributed by atoms with Gasteiger partial charge in [0.05, 0.1) is 0 Å². The van der Waals surface area contributed by atoms with Crippen LogP contribution in [0.5, 0.6) is 11.5 Å². The fourth-order valence-corrected chi connectivity index (χ4v) is 2.80. The second kappa shape index (κ2) is 7.21. The molecule has 0 atom stereocenters. The van der Waals surface area contributed by atoms with Crippen LogP contribution < -0.4 is 9.47 Å². The number of benzene rings is 1. The summed E-state index contributed by atoms with van der Waals surface area (Å²) in [5.41, 5.74) is 1.10. The van der Waals surface area contributed by atoms with Crippen molar-refractivity contribution < 1.29 is 24.2 Å². The molecule has 0 aromatic heterocycles. The summed E-state index contributed by atoms with van der Waals surface area (Å²) >= 11 is 0. The van der Waals surface area contributed by atoms with Gasteiger partial charge in [-0.1, -0.05) is 6.07 Å². The van der Waals surface area contributed by atoms with E-state index < -0.39 is 5.97 Å². The zero-order valence-corrected chi connectivity index (χ0v) is 13.2. The van der Waals surface area contributed by atoms with Crippen LogP contribution >= 0.6 is 0 Å². The second-order valence-electron chi connectivity index (χ2n) is 5.74. The highest BCUT2D eigenvalue weighted by Crippen LogP contribution is 2.33. The maximum atomic E-state index is 12.7. The molecule has 1 amide bonds. The Morgan fingerprint density at radius 2 is 1.79 bits per heavy atom. The molecule has 0 saturated carbocycles. The van der Waals surface area contributed by atoms with Gasteiger partial charge >= 0.3 is 5.97 Å². The van der Waals surface area contributed by atoms with Crippen molar-refractivity contribution in [2.24, 2.45) is 0 Å². The van der Waals surface area contributed by atoms with E-state index in [0.29, 0.717) is 30.2 Å². The zero-order chi connectivity index (χ0) is 16.9. The number of fused-ring (bicyclic) bond motifs is 1. The molecular weight excluding hydrogens is 310 g/mol. The Kier molecular flexibility index (Phi) is 4.84. The predicted octanol–water partition coefficient (Wildman–Crippen LogP) is 2.45. The monoisotopic (exact) mass is 329 g/mol. The van der Waals surface area contributed by atoms with Crippen molar-refractivity contribution in [2.75, 3.05) is 19.9 Å². The molecule has 3 rings (SSSR count). The van der Waals surface area contributed by atoms with Crippen LogP contribution in [0.25, 0.3) is 6.08 Å². The fraction of sp³-hybridized carbons (Fsp3) is 0.333. The molecule has 2 aliphatic rings. The minimum Gasteiger partial charge on any atom is -0.478 e. The number of carboxylic acids is 1. The predicted molar refractivity (Wildman–Crippen MR) is 87.7 cm³/mol. The highest BCUT2D eigenvalue weighted by atomic mass is 16.7. The van der Waals surface area contributed by atoms with E-state index in [1.165, 1.54) is 6.08 Å². The van der Waals surface area contributed by atoms with E-state index in [-0.39, 0.29) is 12.7 Å². The van der Waals surface area contributed by atoms with Crippen LogP contribution in [0.1, 0.15) is 24.8 Å². The van der Waals surface area contributed by atoms with Gasteiger partial charge in [-0.15, -0.1) is 0 Å². The number of piperidine rings is 1. The number of likely N-dealkylation sites (tertiary alicyclic amines) is 1. The van der Waals surface area contributed by atoms with Gasteiger partial charge in [0.15, 0.2) is 11.5 Å². The first-order valence-corrected chi connectivity index (χ1v) is 7.95. The van der Waals surface area contributed by atoms with Gasteiger partial charge in [-0.3, -0.25) is 4.79 Å². The Balaban J connectivity index is 1.88. The highest BCUT2D eigenvalue weighted by Gasteiger charge is 2.19. The van der Waals surface area contributed by atoms with E-state index in [4.69, 9.17) is 14.6 Å². The van der Waals surface area contributed by atoms with E-state index >= 15 is 0 Å². The number of hydrogen-bond donors (Lipinski definition) is 1. The maximum absolute atomic E-state index is 12.7. The molecule has 1 N–H and O–H groups in total. The van der Waals surface area contributed by atoms with Gasteiger partial charge in [-0.25, -0.2) is 4.79 Å². The summed E-state index contributed by atoms with van der Waals surface area (Å²) in [5, 5.41) is 8.87. The lowest BCUT2D eigenvalue weighted by atomic mass is 10.1. The Bertz CT molecular complexity index is 701. The van der Waals surface area contributed by atoms with Crippen LogP contribution in [0.3, 0.4) is 0 Å². The third-order valence-corrected chi connectivity index (χ3v) is 4.01. The average Bonchev–Trinajstić information content (AvgIpc) is 3.06. The van der Waals surface area contributed by atoms with Crippen LogP contribution in [0.15, 0.2) is 35.9 Å². The lowest BCUT2D eigenvalue weighted by molar-refractivity contribution is -0.131. The first-order chi connectivity index (χ1) is 11.6. The third kappa shape index (κ3) is 3.76. The quantitative estimate of drug-likeness (QED) is 0.678. The van der Waals surface area contributed by atoms with Gasteiger partial charge in [0.1, 0.15) is 0 Å². The van der Waals surface area contributed by atoms with Crippen LogP contribution in [0, 0.1) is 0 Å². The van der Waals surface area contributed by atoms with E-state index in [9.17, 15) is 9.59 Å². The van der Waals surface area contributed by atoms with Crippen molar-refractivity contribution in [2.45, 2.75) is 19.3 Å². The number of amides is 1. The first-order valence-electron chi connectivity index (χ1n) is 7.95. The molecule has 6 nitrogen and oxygen atoms in total. The van der Waals surface area contributed by atoms with Gasteiger partial charge in [0, 0.05) is 24.7 Å². The number of hydrogen-bond acceptors (Lipinski definition) is 4. The molecule has 0 aliphatic carbocycles. The Labute approximate surface area is 140 Å². The van der Waals surface area contributed by atoms with Gasteiger partial charge in [-0.05, 0) is 49.1 Å². The van der Waals surface area contributed by atoms with Crippen LogP contribution in [0.2, 0.25) is 0 Å². The van der Waals surface area contributed by atoms with Crippen molar-refractivity contribution in [1.29, 1.82) is 0 Å². The van der Waals surface area contributed by atoms with Crippen molar-refractivity contribution in [3.63, 3.8) is 0 Å². The average molecular weight is 329 g/mol. The highest BCUT2D eigenvalue weighted by molar-refractivity contribution is 6.01. The number of ether oxygens (including phenoxy) is 2. The molecule has 2 aliphatic heterocycles. The Hall–Kier alpha value is -2.76. The minimum absolute atomic E-state index is 0.148. The number of nitrogens with zero attached hydrogens (tertiary/aromatic N) is 1. The summed E-state index contributed by atoms with van der Waals surface area (Å²) in [6, 6.07) is 5.37. The molecule has 0 bridgehead atoms. The molecule has 1 aromatic rings. The standard InChI is InChI=1S/C18H19NO5/c20-17(21)7-5-14(18(22)19-8-2-1-3-9-19)10-13-4-6-15-16(11-13)24-12-23-15/h4-7,10-11H,1-3,8-9,12H2,(H,20,21)/b7-5+,14-10?. The van der Waals surface area contributed by atoms with Crippen molar-refractivity contribution >= 4 is 18.0 Å². The van der Waals surface area contributed by atoms with E-state index in [1.807, 2.05) is 6.07 Å². The lowest BCUT2D eigenvalue weighted by Crippen LogP contribution is -2.36. The van der Waals surface area contributed by atoms with Gasteiger partial charge < -0.3 is 19.5 Å². The van der Waals surface area contributed by atoms with Gasteiger partial charge in [-0.2, -0.15) is 0 Å². The SMILES string of the molecule is O=C(O)/C=C/C(=Cc1ccc2c(c1)OCO2)C(=O)N1CCCCC1. The summed E-state index contributed by atoms with van der Waals surface area (Å²) in [7, 11) is 0. The molecule has 126 valence electrons. The summed E-state index contributed by atoms with van der Waals surface area (Å²) in [6.07, 6.45) is 7.09. The van der Waals surface area contributed by atoms with Crippen LogP contribution in [0.4, 0.5) is 0 Å². The normalized spacial score (nSPS) is 17.3. The zero-order valence-electron chi connectivity index (χ0n) is 13.2. The van der Waals surface area contributed by atoms with E-state index in [2.05, 4.69) is 0 Å². The first kappa shape index (κ1) is 16.1. The molecule has 6 heteroatoms. The molecule has 0 unspecified atom stereocenters. The van der Waals surface area contributed by atoms with Gasteiger partial charge in [0.25, 0.3) is 5.91 Å². The largest absolute Gasteiger partial charge is 0.478 e. The molecule has 1 fully saturated rings. The molecule has 0 spiro atoms. The van der Waals surface area contributed by atoms with E-state index in [1.54, 1.807) is 23.1 Å². The molecular formula is C18H19NO5. The molecule has 2 heterocycles. The summed E-state index contributed by atoms with van der Waals surface area (Å²) < 4.78 is 10.6. The number of rotatable bonds is 4. The molecule has 1 aromatic carbocycles. The molecule has 0 radical (unpaired) electrons. The second-order valence-corrected chi connectivity index (χ2v) is 5.74. The number of carbonyl (C=O) groups excluding carboxylic acids is 1. The number of carbonyl (C=O) groups is 2. The van der Waals surface area contributed by atoms with Crippen molar-refractivity contribution in [3.8, 4) is 11.5 Å². The van der Waals surface area contributed by atoms with Gasteiger partial charge in [0.2, 0.25) is 6.79 Å². The minimum atomic E-state index is -1.09. The summed E-state index contributed by atoms with van der Waals surface area (Å²) in [5.74, 6) is 0.0516. The Morgan fingerprint density at radius 1 is 1.04 bits per heavy atom. The summed E-state index contributed by atoms with van der Waals surface area (Å²) in [6.45, 7) is 1.59. The van der Waals surface area contributed by atoms with Crippen LogP contribution in [-0.4, -0.2) is 41.8 Å². The lowest BCUT2D eigenvalue weighted by Gasteiger charge is -2.27. The molecule has 24 heavy (non-hydrogen) atoms. The topological polar surface area (TPSA) is 76.1 Å². The Morgan fingerprint density at radius 3 is 2.54 bits per heavy atom. The van der Waals surface area contributed by atoms with Crippen molar-refractivity contribution in [1.82, 2.24) is 4.90 Å². The number of aliphatic carboxylic acids is 1.